The van der Waals surface area contributed by atoms with Crippen molar-refractivity contribution in [3.8, 4) is 5.88 Å². The number of hydrogen-bond acceptors (Lipinski definition) is 5. The van der Waals surface area contributed by atoms with Crippen molar-refractivity contribution in [3.63, 3.8) is 0 Å². The molecule has 0 saturated carbocycles. The fourth-order valence-corrected chi connectivity index (χ4v) is 2.01. The van der Waals surface area contributed by atoms with Crippen LogP contribution in [0.4, 0.5) is 0 Å². The average Bonchev–Trinajstić information content (AvgIpc) is 2.83. The van der Waals surface area contributed by atoms with E-state index in [-0.39, 0.29) is 12.4 Å². The topological polar surface area (TPSA) is 50.3 Å². The van der Waals surface area contributed by atoms with E-state index in [1.54, 1.807) is 19.5 Å². The van der Waals surface area contributed by atoms with Crippen LogP contribution in [0.3, 0.4) is 0 Å². The van der Waals surface area contributed by atoms with Gasteiger partial charge in [-0.15, -0.1) is 12.4 Å². The van der Waals surface area contributed by atoms with Gasteiger partial charge in [-0.25, -0.2) is 4.98 Å². The van der Waals surface area contributed by atoms with Crippen LogP contribution in [-0.4, -0.2) is 48.2 Å². The van der Waals surface area contributed by atoms with E-state index in [1.165, 1.54) is 6.42 Å². The summed E-state index contributed by atoms with van der Waals surface area (Å²) in [4.78, 5) is 10.8. The predicted octanol–water partition coefficient (Wildman–Crippen LogP) is 0.701. The molecule has 1 aromatic rings. The Morgan fingerprint density at radius 1 is 1.47 bits per heavy atom. The Kier molecular flexibility index (Phi) is 5.61. The molecule has 0 spiro atoms. The van der Waals surface area contributed by atoms with E-state index in [4.69, 9.17) is 4.74 Å². The van der Waals surface area contributed by atoms with E-state index in [2.05, 4.69) is 27.2 Å². The fourth-order valence-electron chi connectivity index (χ4n) is 2.01. The summed E-state index contributed by atoms with van der Waals surface area (Å²) >= 11 is 0. The van der Waals surface area contributed by atoms with Crippen LogP contribution in [0, 0.1) is 0 Å². The lowest BCUT2D eigenvalue weighted by molar-refractivity contribution is 0.240. The Morgan fingerprint density at radius 3 is 2.88 bits per heavy atom. The van der Waals surface area contributed by atoms with Gasteiger partial charge in [-0.2, -0.15) is 0 Å². The van der Waals surface area contributed by atoms with Crippen LogP contribution in [-0.2, 0) is 6.54 Å². The summed E-state index contributed by atoms with van der Waals surface area (Å²) in [5.41, 5.74) is 0.902. The third-order valence-corrected chi connectivity index (χ3v) is 2.99. The minimum absolute atomic E-state index is 0. The number of ether oxygens (including phenoxy) is 1. The second-order valence-electron chi connectivity index (χ2n) is 4.07. The highest BCUT2D eigenvalue weighted by Crippen LogP contribution is 2.15. The molecule has 1 saturated heterocycles. The monoisotopic (exact) mass is 258 g/mol. The van der Waals surface area contributed by atoms with Gasteiger partial charge in [0.25, 0.3) is 0 Å². The van der Waals surface area contributed by atoms with Crippen molar-refractivity contribution in [1.82, 2.24) is 20.2 Å². The number of aromatic nitrogens is 2. The highest BCUT2D eigenvalue weighted by molar-refractivity contribution is 5.85. The molecule has 1 aliphatic heterocycles. The fraction of sp³-hybridized carbons (Fsp3) is 0.636. The molecule has 1 atom stereocenters. The molecule has 0 amide bonds. The summed E-state index contributed by atoms with van der Waals surface area (Å²) in [6.45, 7) is 2.94. The van der Waals surface area contributed by atoms with E-state index in [0.717, 1.165) is 25.3 Å². The Hall–Kier alpha value is -0.910. The first-order valence-corrected chi connectivity index (χ1v) is 5.56. The van der Waals surface area contributed by atoms with Gasteiger partial charge in [-0.05, 0) is 20.0 Å². The normalized spacial score (nSPS) is 19.1. The SMILES string of the molecule is COc1nccnc1CN(C)C1CCNC1.Cl. The summed E-state index contributed by atoms with van der Waals surface area (Å²) < 4.78 is 5.19. The molecule has 5 nitrogen and oxygen atoms in total. The Labute approximate surface area is 108 Å². The molecule has 0 aliphatic carbocycles. The van der Waals surface area contributed by atoms with Gasteiger partial charge in [-0.3, -0.25) is 9.88 Å². The van der Waals surface area contributed by atoms with Crippen LogP contribution in [0.5, 0.6) is 5.88 Å². The smallest absolute Gasteiger partial charge is 0.236 e. The van der Waals surface area contributed by atoms with Crippen molar-refractivity contribution >= 4 is 12.4 Å². The number of hydrogen-bond donors (Lipinski definition) is 1. The standard InChI is InChI=1S/C11H18N4O.ClH/c1-15(9-3-4-12-7-9)8-10-11(16-2)14-6-5-13-10;/h5-6,9,12H,3-4,7-8H2,1-2H3;1H. The molecule has 0 radical (unpaired) electrons. The molecule has 1 aromatic heterocycles. The molecule has 2 rings (SSSR count). The van der Waals surface area contributed by atoms with Gasteiger partial charge in [0.1, 0.15) is 5.69 Å². The second kappa shape index (κ2) is 6.74. The third-order valence-electron chi connectivity index (χ3n) is 2.99. The van der Waals surface area contributed by atoms with Gasteiger partial charge in [0.2, 0.25) is 5.88 Å². The maximum atomic E-state index is 5.19. The molecule has 0 aromatic carbocycles. The molecule has 6 heteroatoms. The van der Waals surface area contributed by atoms with E-state index in [1.807, 2.05) is 0 Å². The number of halogens is 1. The molecular weight excluding hydrogens is 240 g/mol. The molecule has 17 heavy (non-hydrogen) atoms. The lowest BCUT2D eigenvalue weighted by atomic mass is 10.2. The molecular formula is C11H19ClN4O. The van der Waals surface area contributed by atoms with Gasteiger partial charge >= 0.3 is 0 Å². The van der Waals surface area contributed by atoms with Crippen molar-refractivity contribution in [1.29, 1.82) is 0 Å². The summed E-state index contributed by atoms with van der Waals surface area (Å²) in [6.07, 6.45) is 4.55. The summed E-state index contributed by atoms with van der Waals surface area (Å²) in [6, 6.07) is 0.590. The van der Waals surface area contributed by atoms with E-state index in [9.17, 15) is 0 Å². The van der Waals surface area contributed by atoms with Gasteiger partial charge < -0.3 is 10.1 Å². The van der Waals surface area contributed by atoms with Crippen LogP contribution >= 0.6 is 12.4 Å². The van der Waals surface area contributed by atoms with Gasteiger partial charge in [-0.1, -0.05) is 0 Å². The lowest BCUT2D eigenvalue weighted by Crippen LogP contribution is -2.33. The lowest BCUT2D eigenvalue weighted by Gasteiger charge is -2.23. The maximum absolute atomic E-state index is 5.19. The highest BCUT2D eigenvalue weighted by atomic mass is 35.5. The quantitative estimate of drug-likeness (QED) is 0.862. The zero-order chi connectivity index (χ0) is 11.4. The Bertz CT molecular complexity index is 344. The number of nitrogens with one attached hydrogen (secondary N) is 1. The van der Waals surface area contributed by atoms with Gasteiger partial charge in [0.15, 0.2) is 0 Å². The van der Waals surface area contributed by atoms with Crippen molar-refractivity contribution in [3.05, 3.63) is 18.1 Å². The molecule has 96 valence electrons. The van der Waals surface area contributed by atoms with Crippen molar-refractivity contribution in [2.45, 2.75) is 19.0 Å². The Morgan fingerprint density at radius 2 is 2.24 bits per heavy atom. The van der Waals surface area contributed by atoms with E-state index < -0.39 is 0 Å². The number of methoxy groups -OCH3 is 1. The van der Waals surface area contributed by atoms with Crippen LogP contribution in [0.2, 0.25) is 0 Å². The zero-order valence-corrected chi connectivity index (χ0v) is 11.0. The minimum atomic E-state index is 0. The van der Waals surface area contributed by atoms with Crippen LogP contribution < -0.4 is 10.1 Å². The zero-order valence-electron chi connectivity index (χ0n) is 10.2. The maximum Gasteiger partial charge on any atom is 0.236 e. The molecule has 2 heterocycles. The number of rotatable bonds is 4. The molecule has 1 fully saturated rings. The van der Waals surface area contributed by atoms with E-state index in [0.29, 0.717) is 11.9 Å². The first kappa shape index (κ1) is 14.2. The van der Waals surface area contributed by atoms with Crippen molar-refractivity contribution in [2.24, 2.45) is 0 Å². The predicted molar refractivity (Wildman–Crippen MR) is 68.6 cm³/mol. The van der Waals surface area contributed by atoms with Crippen LogP contribution in [0.1, 0.15) is 12.1 Å². The highest BCUT2D eigenvalue weighted by Gasteiger charge is 2.20. The summed E-state index contributed by atoms with van der Waals surface area (Å²) in [5.74, 6) is 0.625. The van der Waals surface area contributed by atoms with Crippen molar-refractivity contribution < 1.29 is 4.74 Å². The molecule has 0 bridgehead atoms. The van der Waals surface area contributed by atoms with Gasteiger partial charge in [0, 0.05) is 31.5 Å². The molecule has 1 aliphatic rings. The van der Waals surface area contributed by atoms with Crippen LogP contribution in [0.25, 0.3) is 0 Å². The Balaban J connectivity index is 0.00000144. The number of likely N-dealkylation sites (N-methyl/N-ethyl adjacent to an activating group) is 1. The van der Waals surface area contributed by atoms with Gasteiger partial charge in [0.05, 0.1) is 7.11 Å². The first-order valence-electron chi connectivity index (χ1n) is 5.56. The third kappa shape index (κ3) is 3.52. The first-order chi connectivity index (χ1) is 7.81. The molecule has 1 N–H and O–H groups in total. The average molecular weight is 259 g/mol. The van der Waals surface area contributed by atoms with Crippen LogP contribution in [0.15, 0.2) is 12.4 Å². The largest absolute Gasteiger partial charge is 0.480 e. The van der Waals surface area contributed by atoms with E-state index >= 15 is 0 Å². The second-order valence-corrected chi connectivity index (χ2v) is 4.07. The van der Waals surface area contributed by atoms with Crippen molar-refractivity contribution in [2.75, 3.05) is 27.2 Å². The summed E-state index contributed by atoms with van der Waals surface area (Å²) in [5, 5.41) is 3.36. The minimum Gasteiger partial charge on any atom is -0.480 e. The summed E-state index contributed by atoms with van der Waals surface area (Å²) in [7, 11) is 3.75. The number of nitrogens with zero attached hydrogens (tertiary/aromatic N) is 3. The molecule has 1 unspecified atom stereocenters.